The third kappa shape index (κ3) is 6.19. The molecule has 0 fully saturated rings. The summed E-state index contributed by atoms with van der Waals surface area (Å²) in [4.78, 5) is 13.5. The molecule has 0 heterocycles. The van der Waals surface area contributed by atoms with Gasteiger partial charge < -0.3 is 0 Å². The fourth-order valence-electron chi connectivity index (χ4n) is 3.90. The van der Waals surface area contributed by atoms with Crippen LogP contribution in [0.4, 0.5) is 0 Å². The van der Waals surface area contributed by atoms with Gasteiger partial charge >= 0.3 is 0 Å². The first-order valence-electron chi connectivity index (χ1n) is 10.3. The van der Waals surface area contributed by atoms with Gasteiger partial charge in [-0.15, -0.1) is 9.24 Å². The molecule has 0 saturated heterocycles. The van der Waals surface area contributed by atoms with E-state index in [0.717, 1.165) is 18.1 Å². The summed E-state index contributed by atoms with van der Waals surface area (Å²) in [6.45, 7) is 20.1. The maximum atomic E-state index is 13.5. The van der Waals surface area contributed by atoms with Crippen molar-refractivity contribution in [3.05, 3.63) is 34.4 Å². The highest BCUT2D eigenvalue weighted by Crippen LogP contribution is 2.37. The van der Waals surface area contributed by atoms with E-state index in [1.54, 1.807) is 0 Å². The summed E-state index contributed by atoms with van der Waals surface area (Å²) in [5.41, 5.74) is 4.86. The number of hydrogen-bond donors (Lipinski definition) is 0. The zero-order chi connectivity index (χ0) is 20.2. The molecule has 1 nitrogen and oxygen atoms in total. The van der Waals surface area contributed by atoms with Crippen molar-refractivity contribution in [3.63, 3.8) is 0 Å². The number of hydrogen-bond acceptors (Lipinski definition) is 1. The van der Waals surface area contributed by atoms with Gasteiger partial charge in [-0.25, -0.2) is 0 Å². The van der Waals surface area contributed by atoms with E-state index in [0.29, 0.717) is 35.9 Å². The average molecular weight is 377 g/mol. The summed E-state index contributed by atoms with van der Waals surface area (Å²) in [6, 6.07) is 4.57. The standard InChI is InChI=1S/C24H41OP/c1-15(2)19-10-20(16(3)4)23(21(11-19)17(5)6)22(25)13-24(8,9)12-18(7)14-26/h10-11,15-18H,12-14,26H2,1-9H3. The third-order valence-corrected chi connectivity index (χ3v) is 6.16. The van der Waals surface area contributed by atoms with Crippen molar-refractivity contribution in [2.24, 2.45) is 11.3 Å². The highest BCUT2D eigenvalue weighted by atomic mass is 31.0. The van der Waals surface area contributed by atoms with Gasteiger partial charge in [0.05, 0.1) is 0 Å². The molecule has 2 atom stereocenters. The largest absolute Gasteiger partial charge is 0.294 e. The van der Waals surface area contributed by atoms with Gasteiger partial charge in [0, 0.05) is 12.0 Å². The lowest BCUT2D eigenvalue weighted by molar-refractivity contribution is 0.0915. The van der Waals surface area contributed by atoms with E-state index in [1.165, 1.54) is 16.7 Å². The fraction of sp³-hybridized carbons (Fsp3) is 0.708. The summed E-state index contributed by atoms with van der Waals surface area (Å²) in [6.07, 6.45) is 2.80. The second-order valence-corrected chi connectivity index (χ2v) is 10.3. The van der Waals surface area contributed by atoms with Crippen LogP contribution in [-0.4, -0.2) is 11.9 Å². The van der Waals surface area contributed by atoms with Gasteiger partial charge in [-0.2, -0.15) is 0 Å². The van der Waals surface area contributed by atoms with Crippen molar-refractivity contribution >= 4 is 15.0 Å². The van der Waals surface area contributed by atoms with Crippen LogP contribution in [-0.2, 0) is 0 Å². The van der Waals surface area contributed by atoms with E-state index in [4.69, 9.17) is 0 Å². The minimum Gasteiger partial charge on any atom is -0.294 e. The Bertz CT molecular complexity index is 582. The maximum Gasteiger partial charge on any atom is 0.163 e. The third-order valence-electron chi connectivity index (χ3n) is 5.35. The molecule has 2 heteroatoms. The van der Waals surface area contributed by atoms with Crippen molar-refractivity contribution in [3.8, 4) is 0 Å². The molecule has 0 radical (unpaired) electrons. The van der Waals surface area contributed by atoms with E-state index in [-0.39, 0.29) is 5.41 Å². The zero-order valence-electron chi connectivity index (χ0n) is 18.6. The molecular weight excluding hydrogens is 335 g/mol. The van der Waals surface area contributed by atoms with Gasteiger partial charge in [0.1, 0.15) is 0 Å². The van der Waals surface area contributed by atoms with Crippen molar-refractivity contribution in [2.45, 2.75) is 92.9 Å². The number of ketones is 1. The molecule has 0 aromatic heterocycles. The van der Waals surface area contributed by atoms with Gasteiger partial charge in [0.25, 0.3) is 0 Å². The molecule has 0 bridgehead atoms. The molecule has 0 N–H and O–H groups in total. The summed E-state index contributed by atoms with van der Waals surface area (Å²) < 4.78 is 0. The number of Topliss-reactive ketones (excluding diaryl/α,β-unsaturated/α-hetero) is 1. The number of rotatable bonds is 9. The average Bonchev–Trinajstić information content (AvgIpc) is 2.51. The zero-order valence-corrected chi connectivity index (χ0v) is 19.7. The lowest BCUT2D eigenvalue weighted by atomic mass is 9.75. The normalized spacial score (nSPS) is 13.7. The van der Waals surface area contributed by atoms with Crippen LogP contribution in [0, 0.1) is 11.3 Å². The Labute approximate surface area is 164 Å². The van der Waals surface area contributed by atoms with E-state index in [1.807, 2.05) is 0 Å². The molecule has 1 rings (SSSR count). The first-order valence-corrected chi connectivity index (χ1v) is 11.1. The van der Waals surface area contributed by atoms with Crippen LogP contribution in [0.3, 0.4) is 0 Å². The first kappa shape index (κ1) is 23.4. The summed E-state index contributed by atoms with van der Waals surface area (Å²) >= 11 is 0. The lowest BCUT2D eigenvalue weighted by Gasteiger charge is -2.29. The molecule has 148 valence electrons. The Balaban J connectivity index is 3.38. The van der Waals surface area contributed by atoms with Gasteiger partial charge in [0.2, 0.25) is 0 Å². The molecule has 0 spiro atoms. The fourth-order valence-corrected chi connectivity index (χ4v) is 4.07. The Morgan fingerprint density at radius 2 is 1.38 bits per heavy atom. The maximum absolute atomic E-state index is 13.5. The summed E-state index contributed by atoms with van der Waals surface area (Å²) in [7, 11) is 2.83. The Kier molecular flexibility index (Phi) is 8.53. The molecule has 1 aromatic rings. The first-order chi connectivity index (χ1) is 11.9. The monoisotopic (exact) mass is 376 g/mol. The van der Waals surface area contributed by atoms with Crippen LogP contribution >= 0.6 is 9.24 Å². The summed E-state index contributed by atoms with van der Waals surface area (Å²) in [5.74, 6) is 2.15. The Morgan fingerprint density at radius 3 is 1.73 bits per heavy atom. The van der Waals surface area contributed by atoms with Crippen molar-refractivity contribution in [1.82, 2.24) is 0 Å². The van der Waals surface area contributed by atoms with Crippen LogP contribution in [0.25, 0.3) is 0 Å². The molecule has 0 amide bonds. The molecule has 0 aliphatic carbocycles. The minimum absolute atomic E-state index is 0.0340. The molecular formula is C24H41OP. The molecule has 0 aliphatic heterocycles. The Morgan fingerprint density at radius 1 is 0.923 bits per heavy atom. The second kappa shape index (κ2) is 9.50. The number of carbonyl (C=O) groups is 1. The summed E-state index contributed by atoms with van der Waals surface area (Å²) in [5, 5.41) is 0. The van der Waals surface area contributed by atoms with Crippen LogP contribution in [0.5, 0.6) is 0 Å². The highest BCUT2D eigenvalue weighted by Gasteiger charge is 2.28. The number of benzene rings is 1. The molecule has 0 saturated carbocycles. The van der Waals surface area contributed by atoms with Gasteiger partial charge in [-0.05, 0) is 58.4 Å². The molecule has 1 aromatic carbocycles. The number of carbonyl (C=O) groups excluding carboxylic acids is 1. The van der Waals surface area contributed by atoms with Crippen LogP contribution in [0.15, 0.2) is 12.1 Å². The SMILES string of the molecule is CC(CP)CC(C)(C)CC(=O)c1c(C(C)C)cc(C(C)C)cc1C(C)C. The minimum atomic E-state index is 0.0340. The topological polar surface area (TPSA) is 17.1 Å². The van der Waals surface area contributed by atoms with E-state index in [9.17, 15) is 4.79 Å². The van der Waals surface area contributed by atoms with Crippen LogP contribution < -0.4 is 0 Å². The molecule has 0 aliphatic rings. The van der Waals surface area contributed by atoms with Crippen molar-refractivity contribution in [1.29, 1.82) is 0 Å². The van der Waals surface area contributed by atoms with Crippen molar-refractivity contribution in [2.75, 3.05) is 6.16 Å². The predicted molar refractivity (Wildman–Crippen MR) is 120 cm³/mol. The van der Waals surface area contributed by atoms with E-state index in [2.05, 4.69) is 83.7 Å². The van der Waals surface area contributed by atoms with Crippen molar-refractivity contribution < 1.29 is 4.79 Å². The Hall–Kier alpha value is -0.680. The second-order valence-electron chi connectivity index (χ2n) is 9.85. The highest BCUT2D eigenvalue weighted by molar-refractivity contribution is 7.16. The van der Waals surface area contributed by atoms with Crippen LogP contribution in [0.2, 0.25) is 0 Å². The van der Waals surface area contributed by atoms with Crippen LogP contribution in [0.1, 0.15) is 120 Å². The van der Waals surface area contributed by atoms with Gasteiger partial charge in [0.15, 0.2) is 5.78 Å². The lowest BCUT2D eigenvalue weighted by Crippen LogP contribution is -2.23. The predicted octanol–water partition coefficient (Wildman–Crippen LogP) is 7.56. The van der Waals surface area contributed by atoms with E-state index < -0.39 is 0 Å². The van der Waals surface area contributed by atoms with Gasteiger partial charge in [-0.1, -0.05) is 74.4 Å². The molecule has 2 unspecified atom stereocenters. The van der Waals surface area contributed by atoms with Gasteiger partial charge in [-0.3, -0.25) is 4.79 Å². The molecule has 26 heavy (non-hydrogen) atoms. The smallest absolute Gasteiger partial charge is 0.163 e. The van der Waals surface area contributed by atoms with E-state index >= 15 is 0 Å². The quantitative estimate of drug-likeness (QED) is 0.321.